The zero-order valence-electron chi connectivity index (χ0n) is 12.8. The molecule has 22 heavy (non-hydrogen) atoms. The number of hydrogen-bond acceptors (Lipinski definition) is 3. The number of carbonyl (C=O) groups is 1. The molecule has 0 radical (unpaired) electrons. The average molecular weight is 336 g/mol. The first-order valence-electron chi connectivity index (χ1n) is 6.77. The first kappa shape index (κ1) is 16.7. The highest BCUT2D eigenvalue weighted by molar-refractivity contribution is 7.98. The maximum atomic E-state index is 12.5. The number of amides is 1. The van der Waals surface area contributed by atoms with Crippen molar-refractivity contribution in [3.8, 4) is 5.75 Å². The van der Waals surface area contributed by atoms with Gasteiger partial charge in [0.25, 0.3) is 5.91 Å². The second-order valence-electron chi connectivity index (χ2n) is 4.85. The normalized spacial score (nSPS) is 10.4. The summed E-state index contributed by atoms with van der Waals surface area (Å²) < 4.78 is 5.32. The Labute approximate surface area is 140 Å². The number of thioether (sulfide) groups is 1. The van der Waals surface area contributed by atoms with Gasteiger partial charge in [0.2, 0.25) is 0 Å². The standard InChI is InChI=1S/C17H18ClNO2S/c1-19(11-13-10-14(18)6-9-16(13)21-2)17(20)12-4-7-15(22-3)8-5-12/h4-10H,11H2,1-3H3. The van der Waals surface area contributed by atoms with Crippen molar-refractivity contribution < 1.29 is 9.53 Å². The number of benzene rings is 2. The number of hydrogen-bond donors (Lipinski definition) is 0. The Hall–Kier alpha value is -1.65. The Balaban J connectivity index is 2.15. The fourth-order valence-corrected chi connectivity index (χ4v) is 2.75. The van der Waals surface area contributed by atoms with Gasteiger partial charge < -0.3 is 9.64 Å². The molecule has 0 fully saturated rings. The first-order chi connectivity index (χ1) is 10.5. The maximum Gasteiger partial charge on any atom is 0.253 e. The van der Waals surface area contributed by atoms with Crippen LogP contribution in [0.2, 0.25) is 5.02 Å². The van der Waals surface area contributed by atoms with Crippen molar-refractivity contribution in [2.45, 2.75) is 11.4 Å². The second-order valence-corrected chi connectivity index (χ2v) is 6.16. The third kappa shape index (κ3) is 3.96. The van der Waals surface area contributed by atoms with Crippen molar-refractivity contribution in [3.05, 3.63) is 58.6 Å². The predicted octanol–water partition coefficient (Wildman–Crippen LogP) is 4.34. The Kier molecular flexibility index (Phi) is 5.75. The monoisotopic (exact) mass is 335 g/mol. The molecule has 5 heteroatoms. The lowest BCUT2D eigenvalue weighted by Gasteiger charge is -2.19. The fraction of sp³-hybridized carbons (Fsp3) is 0.235. The van der Waals surface area contributed by atoms with Crippen molar-refractivity contribution in [1.29, 1.82) is 0 Å². The molecule has 0 N–H and O–H groups in total. The summed E-state index contributed by atoms with van der Waals surface area (Å²) in [6.07, 6.45) is 2.01. The molecule has 0 spiro atoms. The smallest absolute Gasteiger partial charge is 0.253 e. The molecule has 0 aliphatic heterocycles. The number of carbonyl (C=O) groups excluding carboxylic acids is 1. The van der Waals surface area contributed by atoms with Crippen LogP contribution in [-0.2, 0) is 6.54 Å². The minimum atomic E-state index is -0.0327. The topological polar surface area (TPSA) is 29.5 Å². The molecular weight excluding hydrogens is 318 g/mol. The minimum absolute atomic E-state index is 0.0327. The highest BCUT2D eigenvalue weighted by Gasteiger charge is 2.14. The lowest BCUT2D eigenvalue weighted by atomic mass is 10.1. The van der Waals surface area contributed by atoms with E-state index in [0.717, 1.165) is 16.2 Å². The van der Waals surface area contributed by atoms with Crippen LogP contribution in [0.5, 0.6) is 5.75 Å². The number of ether oxygens (including phenoxy) is 1. The van der Waals surface area contributed by atoms with Gasteiger partial charge in [-0.05, 0) is 48.7 Å². The van der Waals surface area contributed by atoms with Crippen LogP contribution in [0, 0.1) is 0 Å². The van der Waals surface area contributed by atoms with E-state index < -0.39 is 0 Å². The molecule has 0 atom stereocenters. The highest BCUT2D eigenvalue weighted by Crippen LogP contribution is 2.24. The van der Waals surface area contributed by atoms with Gasteiger partial charge in [-0.2, -0.15) is 0 Å². The molecule has 0 bridgehead atoms. The molecule has 2 rings (SSSR count). The second kappa shape index (κ2) is 7.56. The van der Waals surface area contributed by atoms with Crippen LogP contribution in [0.1, 0.15) is 15.9 Å². The summed E-state index contributed by atoms with van der Waals surface area (Å²) >= 11 is 7.68. The molecule has 0 aliphatic carbocycles. The minimum Gasteiger partial charge on any atom is -0.496 e. The van der Waals surface area contributed by atoms with Gasteiger partial charge >= 0.3 is 0 Å². The quantitative estimate of drug-likeness (QED) is 0.761. The molecular formula is C17H18ClNO2S. The number of halogens is 1. The summed E-state index contributed by atoms with van der Waals surface area (Å²) in [7, 11) is 3.38. The van der Waals surface area contributed by atoms with E-state index in [-0.39, 0.29) is 5.91 Å². The van der Waals surface area contributed by atoms with Gasteiger partial charge in [0.15, 0.2) is 0 Å². The molecule has 2 aromatic rings. The molecule has 0 unspecified atom stereocenters. The van der Waals surface area contributed by atoms with Crippen molar-refractivity contribution in [2.75, 3.05) is 20.4 Å². The molecule has 0 aromatic heterocycles. The maximum absolute atomic E-state index is 12.5. The van der Waals surface area contributed by atoms with E-state index in [2.05, 4.69) is 0 Å². The third-order valence-electron chi connectivity index (χ3n) is 3.33. The van der Waals surface area contributed by atoms with Crippen LogP contribution in [0.3, 0.4) is 0 Å². The van der Waals surface area contributed by atoms with E-state index in [0.29, 0.717) is 17.1 Å². The van der Waals surface area contributed by atoms with E-state index in [4.69, 9.17) is 16.3 Å². The van der Waals surface area contributed by atoms with Gasteiger partial charge in [0.05, 0.1) is 7.11 Å². The largest absolute Gasteiger partial charge is 0.496 e. The first-order valence-corrected chi connectivity index (χ1v) is 8.37. The molecule has 0 saturated heterocycles. The van der Waals surface area contributed by atoms with Crippen LogP contribution in [0.4, 0.5) is 0 Å². The van der Waals surface area contributed by atoms with Gasteiger partial charge in [-0.15, -0.1) is 11.8 Å². The van der Waals surface area contributed by atoms with Gasteiger partial charge in [-0.3, -0.25) is 4.79 Å². The summed E-state index contributed by atoms with van der Waals surface area (Å²) in [5.74, 6) is 0.691. The number of methoxy groups -OCH3 is 1. The Morgan fingerprint density at radius 1 is 1.23 bits per heavy atom. The Morgan fingerprint density at radius 3 is 2.50 bits per heavy atom. The molecule has 1 amide bonds. The SMILES string of the molecule is COc1ccc(Cl)cc1CN(C)C(=O)c1ccc(SC)cc1. The Bertz CT molecular complexity index is 658. The predicted molar refractivity (Wildman–Crippen MR) is 92.0 cm³/mol. The fourth-order valence-electron chi connectivity index (χ4n) is 2.15. The molecule has 3 nitrogen and oxygen atoms in total. The van der Waals surface area contributed by atoms with E-state index in [1.807, 2.05) is 42.7 Å². The van der Waals surface area contributed by atoms with Crippen LogP contribution in [0.25, 0.3) is 0 Å². The lowest BCUT2D eigenvalue weighted by molar-refractivity contribution is 0.0784. The summed E-state index contributed by atoms with van der Waals surface area (Å²) in [6.45, 7) is 0.437. The average Bonchev–Trinajstić information content (AvgIpc) is 2.54. The van der Waals surface area contributed by atoms with Crippen molar-refractivity contribution in [2.24, 2.45) is 0 Å². The van der Waals surface area contributed by atoms with Crippen molar-refractivity contribution in [1.82, 2.24) is 4.90 Å². The van der Waals surface area contributed by atoms with Crippen LogP contribution in [0.15, 0.2) is 47.4 Å². The highest BCUT2D eigenvalue weighted by atomic mass is 35.5. The van der Waals surface area contributed by atoms with E-state index in [1.165, 1.54) is 0 Å². The summed E-state index contributed by atoms with van der Waals surface area (Å²) in [5.41, 5.74) is 1.55. The summed E-state index contributed by atoms with van der Waals surface area (Å²) in [6, 6.07) is 13.0. The summed E-state index contributed by atoms with van der Waals surface area (Å²) in [5, 5.41) is 0.626. The molecule has 0 heterocycles. The lowest BCUT2D eigenvalue weighted by Crippen LogP contribution is -2.26. The van der Waals surface area contributed by atoms with E-state index >= 15 is 0 Å². The van der Waals surface area contributed by atoms with Gasteiger partial charge in [0, 0.05) is 34.6 Å². The van der Waals surface area contributed by atoms with Crippen molar-refractivity contribution >= 4 is 29.3 Å². The van der Waals surface area contributed by atoms with Gasteiger partial charge in [-0.1, -0.05) is 11.6 Å². The summed E-state index contributed by atoms with van der Waals surface area (Å²) in [4.78, 5) is 15.3. The zero-order chi connectivity index (χ0) is 16.1. The van der Waals surface area contributed by atoms with Crippen LogP contribution < -0.4 is 4.74 Å². The van der Waals surface area contributed by atoms with Crippen LogP contribution >= 0.6 is 23.4 Å². The van der Waals surface area contributed by atoms with Crippen LogP contribution in [-0.4, -0.2) is 31.2 Å². The third-order valence-corrected chi connectivity index (χ3v) is 4.31. The van der Waals surface area contributed by atoms with E-state index in [9.17, 15) is 4.79 Å². The molecule has 116 valence electrons. The molecule has 0 aliphatic rings. The number of rotatable bonds is 5. The van der Waals surface area contributed by atoms with E-state index in [1.54, 1.807) is 36.9 Å². The van der Waals surface area contributed by atoms with Gasteiger partial charge in [0.1, 0.15) is 5.75 Å². The van der Waals surface area contributed by atoms with Crippen molar-refractivity contribution in [3.63, 3.8) is 0 Å². The molecule has 2 aromatic carbocycles. The molecule has 0 saturated carbocycles. The Morgan fingerprint density at radius 2 is 1.91 bits per heavy atom. The number of nitrogens with zero attached hydrogens (tertiary/aromatic N) is 1. The zero-order valence-corrected chi connectivity index (χ0v) is 14.4. The van der Waals surface area contributed by atoms with Gasteiger partial charge in [-0.25, -0.2) is 0 Å².